The molecule has 2 heterocycles. The normalized spacial score (nSPS) is 17.4. The maximum absolute atomic E-state index is 15.7. The van der Waals surface area contributed by atoms with Crippen molar-refractivity contribution in [1.82, 2.24) is 9.88 Å². The lowest BCUT2D eigenvalue weighted by atomic mass is 10.0. The highest BCUT2D eigenvalue weighted by molar-refractivity contribution is 6.08. The number of halogens is 1. The Labute approximate surface area is 232 Å². The average Bonchev–Trinajstić information content (AvgIpc) is 3.80. The van der Waals surface area contributed by atoms with Crippen molar-refractivity contribution in [2.75, 3.05) is 53.0 Å². The van der Waals surface area contributed by atoms with E-state index >= 15 is 4.39 Å². The Morgan fingerprint density at radius 2 is 1.70 bits per heavy atom. The molecule has 2 aromatic carbocycles. The van der Waals surface area contributed by atoms with Crippen molar-refractivity contribution in [3.63, 3.8) is 0 Å². The van der Waals surface area contributed by atoms with Gasteiger partial charge in [0.15, 0.2) is 28.8 Å². The van der Waals surface area contributed by atoms with E-state index in [-0.39, 0.29) is 23.0 Å². The molecule has 212 valence electrons. The maximum atomic E-state index is 15.7. The van der Waals surface area contributed by atoms with Gasteiger partial charge in [0.1, 0.15) is 5.69 Å². The van der Waals surface area contributed by atoms with Gasteiger partial charge in [-0.15, -0.1) is 0 Å². The molecule has 1 atom stereocenters. The number of anilines is 1. The molecule has 1 aliphatic carbocycles. The third-order valence-corrected chi connectivity index (χ3v) is 7.41. The number of aromatic nitrogens is 1. The fourth-order valence-corrected chi connectivity index (χ4v) is 5.34. The van der Waals surface area contributed by atoms with E-state index < -0.39 is 17.0 Å². The first-order valence-electron chi connectivity index (χ1n) is 13.3. The molecule has 0 spiro atoms. The van der Waals surface area contributed by atoms with E-state index in [2.05, 4.69) is 5.32 Å². The van der Waals surface area contributed by atoms with Crippen LogP contribution in [0.1, 0.15) is 41.7 Å². The molecule has 1 N–H and O–H groups in total. The van der Waals surface area contributed by atoms with E-state index in [9.17, 15) is 9.59 Å². The van der Waals surface area contributed by atoms with E-state index in [0.717, 1.165) is 12.8 Å². The van der Waals surface area contributed by atoms with Crippen molar-refractivity contribution in [3.05, 3.63) is 57.6 Å². The van der Waals surface area contributed by atoms with Crippen LogP contribution in [0.25, 0.3) is 17.0 Å². The molecule has 5 rings (SSSR count). The van der Waals surface area contributed by atoms with Crippen molar-refractivity contribution in [2.24, 2.45) is 0 Å². The highest BCUT2D eigenvalue weighted by Crippen LogP contribution is 2.44. The van der Waals surface area contributed by atoms with Crippen LogP contribution in [0, 0.1) is 5.82 Å². The number of hydrogen-bond donors (Lipinski definition) is 1. The van der Waals surface area contributed by atoms with Crippen LogP contribution < -0.4 is 34.6 Å². The number of ether oxygens (including phenoxy) is 4. The molecular weight excluding hydrogens is 517 g/mol. The van der Waals surface area contributed by atoms with Crippen LogP contribution in [-0.4, -0.2) is 64.5 Å². The highest BCUT2D eigenvalue weighted by atomic mass is 19.1. The summed E-state index contributed by atoms with van der Waals surface area (Å²) in [5.41, 5.74) is 0.909. The maximum Gasteiger partial charge on any atom is 0.203 e. The lowest BCUT2D eigenvalue weighted by Crippen LogP contribution is -2.49. The molecule has 0 amide bonds. The number of nitrogens with zero attached hydrogens (tertiary/aromatic N) is 2. The minimum absolute atomic E-state index is 0.0342. The van der Waals surface area contributed by atoms with Crippen LogP contribution in [0.2, 0.25) is 0 Å². The molecule has 2 fully saturated rings. The number of carbonyl (C=O) groups excluding carboxylic acids is 1. The van der Waals surface area contributed by atoms with Gasteiger partial charge in [0.2, 0.25) is 11.2 Å². The highest BCUT2D eigenvalue weighted by Gasteiger charge is 2.32. The monoisotopic (exact) mass is 551 g/mol. The number of nitrogens with one attached hydrogen (secondary N) is 1. The van der Waals surface area contributed by atoms with E-state index in [1.54, 1.807) is 24.4 Å². The topological polar surface area (TPSA) is 91.3 Å². The molecule has 9 nitrogen and oxygen atoms in total. The van der Waals surface area contributed by atoms with Gasteiger partial charge in [-0.05, 0) is 49.6 Å². The number of hydrogen-bond acceptors (Lipinski definition) is 8. The van der Waals surface area contributed by atoms with Gasteiger partial charge in [-0.3, -0.25) is 9.59 Å². The number of allylic oxidation sites excluding steroid dienone is 1. The van der Waals surface area contributed by atoms with Gasteiger partial charge >= 0.3 is 0 Å². The average molecular weight is 552 g/mol. The third-order valence-electron chi connectivity index (χ3n) is 7.41. The number of ketones is 1. The van der Waals surface area contributed by atoms with Crippen LogP contribution in [0.3, 0.4) is 0 Å². The summed E-state index contributed by atoms with van der Waals surface area (Å²) in [6, 6.07) is 4.93. The molecule has 10 heteroatoms. The van der Waals surface area contributed by atoms with Crippen LogP contribution >= 0.6 is 0 Å². The third kappa shape index (κ3) is 4.99. The predicted molar refractivity (Wildman–Crippen MR) is 152 cm³/mol. The second-order valence-electron chi connectivity index (χ2n) is 10.1. The summed E-state index contributed by atoms with van der Waals surface area (Å²) in [7, 11) is 6.01. The molecule has 2 aliphatic rings. The molecule has 0 bridgehead atoms. The number of pyridine rings is 1. The largest absolute Gasteiger partial charge is 0.493 e. The van der Waals surface area contributed by atoms with Gasteiger partial charge in [-0.25, -0.2) is 4.39 Å². The first kappa shape index (κ1) is 27.5. The number of fused-ring (bicyclic) bond motifs is 1. The first-order valence-corrected chi connectivity index (χ1v) is 13.3. The SMILES string of the molecule is COc1cc(/C=C/C(=O)c2cn(C3CC3)c3c(OC)c(N4CCNC(C)C4)c(F)cc3c2=O)cc(OC)c1OC. The van der Waals surface area contributed by atoms with Crippen LogP contribution in [0.15, 0.2) is 35.3 Å². The number of rotatable bonds is 9. The van der Waals surface area contributed by atoms with Gasteiger partial charge in [-0.1, -0.05) is 6.08 Å². The summed E-state index contributed by atoms with van der Waals surface area (Å²) >= 11 is 0. The van der Waals surface area contributed by atoms with Crippen molar-refractivity contribution in [3.8, 4) is 23.0 Å². The Hall–Kier alpha value is -4.05. The van der Waals surface area contributed by atoms with E-state index in [4.69, 9.17) is 18.9 Å². The Bertz CT molecular complexity index is 1520. The molecule has 1 unspecified atom stereocenters. The summed E-state index contributed by atoms with van der Waals surface area (Å²) in [6.45, 7) is 3.97. The molecule has 40 heavy (non-hydrogen) atoms. The van der Waals surface area contributed by atoms with E-state index in [0.29, 0.717) is 59.4 Å². The minimum atomic E-state index is -0.546. The summed E-state index contributed by atoms with van der Waals surface area (Å²) in [6.07, 6.45) is 6.29. The predicted octanol–water partition coefficient (Wildman–Crippen LogP) is 4.20. The molecule has 1 aromatic heterocycles. The van der Waals surface area contributed by atoms with Gasteiger partial charge in [-0.2, -0.15) is 0 Å². The quantitative estimate of drug-likeness (QED) is 0.313. The van der Waals surface area contributed by atoms with E-state index in [1.807, 2.05) is 16.4 Å². The lowest BCUT2D eigenvalue weighted by molar-refractivity contribution is 0.104. The molecule has 1 aliphatic heterocycles. The van der Waals surface area contributed by atoms with Gasteiger partial charge < -0.3 is 33.7 Å². The number of carbonyl (C=O) groups is 1. The minimum Gasteiger partial charge on any atom is -0.493 e. The van der Waals surface area contributed by atoms with Crippen molar-refractivity contribution in [2.45, 2.75) is 31.8 Å². The Morgan fingerprint density at radius 1 is 1.02 bits per heavy atom. The molecule has 1 saturated carbocycles. The Morgan fingerprint density at radius 3 is 2.27 bits per heavy atom. The number of methoxy groups -OCH3 is 4. The second-order valence-corrected chi connectivity index (χ2v) is 10.1. The first-order chi connectivity index (χ1) is 19.3. The molecule has 1 saturated heterocycles. The van der Waals surface area contributed by atoms with Crippen molar-refractivity contribution >= 4 is 28.4 Å². The zero-order chi connectivity index (χ0) is 28.6. The summed E-state index contributed by atoms with van der Waals surface area (Å²) in [4.78, 5) is 29.0. The molecular formula is C30H34FN3O6. The standard InChI is InChI=1S/C30H34FN3O6/c1-17-15-33(11-10-32-17)27-22(31)14-20-26(30(27)40-5)34(19-7-8-19)16-21(28(20)36)23(35)9-6-18-12-24(37-2)29(39-4)25(13-18)38-3/h6,9,12-14,16-17,19,32H,7-8,10-11,15H2,1-5H3/b9-6+. The van der Waals surface area contributed by atoms with Crippen LogP contribution in [0.4, 0.5) is 10.1 Å². The second kappa shape index (κ2) is 11.2. The fraction of sp³-hybridized carbons (Fsp3) is 0.400. The van der Waals surface area contributed by atoms with Gasteiger partial charge in [0.05, 0.1) is 44.9 Å². The zero-order valence-electron chi connectivity index (χ0n) is 23.4. The van der Waals surface area contributed by atoms with Gasteiger partial charge in [0, 0.05) is 37.9 Å². The van der Waals surface area contributed by atoms with Crippen molar-refractivity contribution in [1.29, 1.82) is 0 Å². The van der Waals surface area contributed by atoms with Crippen LogP contribution in [0.5, 0.6) is 23.0 Å². The summed E-state index contributed by atoms with van der Waals surface area (Å²) in [5, 5.41) is 3.49. The summed E-state index contributed by atoms with van der Waals surface area (Å²) < 4.78 is 39.5. The molecule has 0 radical (unpaired) electrons. The number of piperazine rings is 1. The smallest absolute Gasteiger partial charge is 0.203 e. The molecule has 3 aromatic rings. The zero-order valence-corrected chi connectivity index (χ0v) is 23.4. The Balaban J connectivity index is 1.60. The van der Waals surface area contributed by atoms with E-state index in [1.165, 1.54) is 40.6 Å². The van der Waals surface area contributed by atoms with Crippen molar-refractivity contribution < 1.29 is 28.1 Å². The fourth-order valence-electron chi connectivity index (χ4n) is 5.34. The van der Waals surface area contributed by atoms with Gasteiger partial charge in [0.25, 0.3) is 0 Å². The Kier molecular flexibility index (Phi) is 7.71. The van der Waals surface area contributed by atoms with Crippen LogP contribution in [-0.2, 0) is 0 Å². The summed E-state index contributed by atoms with van der Waals surface area (Å²) in [5.74, 6) is 0.590. The lowest BCUT2D eigenvalue weighted by Gasteiger charge is -2.35. The number of benzene rings is 2.